The number of allylic oxidation sites excluding steroid dienone is 4. The number of hydrogen-bond donors (Lipinski definition) is 1. The van der Waals surface area contributed by atoms with Crippen molar-refractivity contribution in [3.05, 3.63) is 53.4 Å². The van der Waals surface area contributed by atoms with E-state index in [1.807, 2.05) is 13.0 Å². The van der Waals surface area contributed by atoms with Gasteiger partial charge < -0.3 is 10.1 Å². The Kier molecular flexibility index (Phi) is 8.06. The average molecular weight is 510 g/mol. The number of rotatable bonds is 8. The molecule has 0 bridgehead atoms. The molecule has 0 aromatic heterocycles. The van der Waals surface area contributed by atoms with E-state index in [0.717, 1.165) is 25.0 Å². The minimum atomic E-state index is -4.59. The van der Waals surface area contributed by atoms with Crippen LogP contribution in [0.4, 0.5) is 23.2 Å². The molecule has 1 saturated carbocycles. The predicted octanol–water partition coefficient (Wildman–Crippen LogP) is 7.16. The van der Waals surface area contributed by atoms with E-state index in [4.69, 9.17) is 4.74 Å². The number of carbonyl (C=O) groups excluding carboxylic acids is 2. The third-order valence-electron chi connectivity index (χ3n) is 6.95. The fourth-order valence-electron chi connectivity index (χ4n) is 4.58. The van der Waals surface area contributed by atoms with Crippen LogP contribution in [-0.4, -0.2) is 23.7 Å². The fraction of sp³-hybridized carbons (Fsp3) is 0.571. The maximum absolute atomic E-state index is 14.6. The van der Waals surface area contributed by atoms with Crippen LogP contribution >= 0.6 is 0 Å². The van der Waals surface area contributed by atoms with Crippen LogP contribution in [0.5, 0.6) is 0 Å². The second-order valence-corrected chi connectivity index (χ2v) is 11.0. The van der Waals surface area contributed by atoms with Crippen molar-refractivity contribution in [2.24, 2.45) is 23.2 Å². The zero-order valence-electron chi connectivity index (χ0n) is 21.5. The predicted molar refractivity (Wildman–Crippen MR) is 131 cm³/mol. The second kappa shape index (κ2) is 10.4. The zero-order chi connectivity index (χ0) is 26.9. The summed E-state index contributed by atoms with van der Waals surface area (Å²) >= 11 is 0. The number of amides is 1. The van der Waals surface area contributed by atoms with E-state index in [1.165, 1.54) is 12.1 Å². The molecule has 0 radical (unpaired) electrons. The van der Waals surface area contributed by atoms with Gasteiger partial charge in [0.25, 0.3) is 0 Å². The molecule has 4 nitrogen and oxygen atoms in total. The van der Waals surface area contributed by atoms with Gasteiger partial charge in [0.2, 0.25) is 5.91 Å². The van der Waals surface area contributed by atoms with Gasteiger partial charge in [0.1, 0.15) is 11.4 Å². The molecule has 36 heavy (non-hydrogen) atoms. The summed E-state index contributed by atoms with van der Waals surface area (Å²) < 4.78 is 61.2. The lowest BCUT2D eigenvalue weighted by Crippen LogP contribution is -2.40. The molecule has 3 atom stereocenters. The van der Waals surface area contributed by atoms with Crippen LogP contribution in [0.25, 0.3) is 0 Å². The van der Waals surface area contributed by atoms with Crippen LogP contribution in [0, 0.1) is 29.0 Å². The summed E-state index contributed by atoms with van der Waals surface area (Å²) in [5.41, 5.74) is 0.0721. The maximum Gasteiger partial charge on any atom is 0.392 e. The van der Waals surface area contributed by atoms with Crippen LogP contribution in [0.1, 0.15) is 65.9 Å². The Labute approximate surface area is 210 Å². The highest BCUT2D eigenvalue weighted by atomic mass is 19.4. The third kappa shape index (κ3) is 6.77. The number of alkyl halides is 3. The van der Waals surface area contributed by atoms with Gasteiger partial charge in [0, 0.05) is 0 Å². The topological polar surface area (TPSA) is 55.4 Å². The average Bonchev–Trinajstić information content (AvgIpc) is 3.56. The van der Waals surface area contributed by atoms with E-state index in [1.54, 1.807) is 32.9 Å². The first-order chi connectivity index (χ1) is 16.6. The smallest absolute Gasteiger partial charge is 0.392 e. The molecular formula is C28H35F4NO3. The number of esters is 1. The monoisotopic (exact) mass is 509 g/mol. The molecule has 1 amide bonds. The van der Waals surface area contributed by atoms with Gasteiger partial charge in [-0.1, -0.05) is 43.7 Å². The van der Waals surface area contributed by atoms with E-state index in [9.17, 15) is 27.2 Å². The Bertz CT molecular complexity index is 1050. The molecule has 1 aromatic rings. The molecule has 0 aliphatic heterocycles. The summed E-state index contributed by atoms with van der Waals surface area (Å²) in [6.45, 7) is 8.28. The van der Waals surface area contributed by atoms with Crippen molar-refractivity contribution in [2.75, 3.05) is 5.32 Å². The maximum atomic E-state index is 14.6. The Balaban J connectivity index is 1.80. The van der Waals surface area contributed by atoms with Gasteiger partial charge in [-0.25, -0.2) is 4.39 Å². The van der Waals surface area contributed by atoms with Crippen LogP contribution in [0.3, 0.4) is 0 Å². The van der Waals surface area contributed by atoms with Crippen molar-refractivity contribution in [3.63, 3.8) is 0 Å². The van der Waals surface area contributed by atoms with E-state index < -0.39 is 46.7 Å². The minimum Gasteiger partial charge on any atom is -0.460 e. The molecule has 1 unspecified atom stereocenters. The molecule has 2 aliphatic carbocycles. The van der Waals surface area contributed by atoms with Crippen molar-refractivity contribution in [1.29, 1.82) is 0 Å². The normalized spacial score (nSPS) is 20.8. The summed E-state index contributed by atoms with van der Waals surface area (Å²) in [6, 6.07) is 4.08. The van der Waals surface area contributed by atoms with E-state index in [0.29, 0.717) is 31.2 Å². The van der Waals surface area contributed by atoms with Crippen molar-refractivity contribution in [2.45, 2.75) is 78.5 Å². The lowest BCUT2D eigenvalue weighted by Gasteiger charge is -2.31. The van der Waals surface area contributed by atoms with Crippen molar-refractivity contribution >= 4 is 17.6 Å². The number of halogens is 4. The molecule has 1 N–H and O–H groups in total. The van der Waals surface area contributed by atoms with E-state index >= 15 is 0 Å². The summed E-state index contributed by atoms with van der Waals surface area (Å²) in [4.78, 5) is 25.8. The lowest BCUT2D eigenvalue weighted by atomic mass is 9.77. The number of carbonyl (C=O) groups is 2. The number of benzene rings is 1. The highest BCUT2D eigenvalue weighted by Crippen LogP contribution is 2.50. The number of ether oxygens (including phenoxy) is 1. The first kappa shape index (κ1) is 27.9. The largest absolute Gasteiger partial charge is 0.460 e. The van der Waals surface area contributed by atoms with Crippen LogP contribution in [0.2, 0.25) is 0 Å². The Hall–Kier alpha value is -2.64. The molecule has 0 spiro atoms. The zero-order valence-corrected chi connectivity index (χ0v) is 21.5. The van der Waals surface area contributed by atoms with Crippen LogP contribution in [0.15, 0.2) is 42.0 Å². The summed E-state index contributed by atoms with van der Waals surface area (Å²) in [7, 11) is 0. The molecule has 2 aliphatic rings. The SMILES string of the molecule is CCC1=CCC([C@@H](C(=O)Nc2cc(CC3(C(=O)OC(C)(C)C)CC3)ccc2F)[C@@H](C)C(F)(F)F)C=C1. The van der Waals surface area contributed by atoms with Gasteiger partial charge in [-0.05, 0) is 76.5 Å². The quantitative estimate of drug-likeness (QED) is 0.299. The number of anilines is 1. The molecular weight excluding hydrogens is 474 g/mol. The minimum absolute atomic E-state index is 0.193. The Morgan fingerprint density at radius 1 is 1.19 bits per heavy atom. The van der Waals surface area contributed by atoms with Gasteiger partial charge in [0.05, 0.1) is 22.9 Å². The highest BCUT2D eigenvalue weighted by molar-refractivity contribution is 5.93. The molecule has 1 aromatic carbocycles. The van der Waals surface area contributed by atoms with Gasteiger partial charge in [-0.2, -0.15) is 13.2 Å². The van der Waals surface area contributed by atoms with Gasteiger partial charge >= 0.3 is 12.1 Å². The van der Waals surface area contributed by atoms with Crippen molar-refractivity contribution < 1.29 is 31.9 Å². The van der Waals surface area contributed by atoms with E-state index in [2.05, 4.69) is 5.32 Å². The Morgan fingerprint density at radius 3 is 2.36 bits per heavy atom. The Morgan fingerprint density at radius 2 is 1.86 bits per heavy atom. The molecule has 198 valence electrons. The van der Waals surface area contributed by atoms with Crippen LogP contribution < -0.4 is 5.32 Å². The number of nitrogens with one attached hydrogen (secondary N) is 1. The van der Waals surface area contributed by atoms with Crippen LogP contribution in [-0.2, 0) is 20.7 Å². The molecule has 3 rings (SSSR count). The summed E-state index contributed by atoms with van der Waals surface area (Å²) in [5.74, 6) is -5.96. The second-order valence-electron chi connectivity index (χ2n) is 11.0. The van der Waals surface area contributed by atoms with Gasteiger partial charge in [0.15, 0.2) is 0 Å². The lowest BCUT2D eigenvalue weighted by molar-refractivity contribution is -0.188. The number of hydrogen-bond acceptors (Lipinski definition) is 3. The van der Waals surface area contributed by atoms with Crippen molar-refractivity contribution in [1.82, 2.24) is 0 Å². The van der Waals surface area contributed by atoms with Crippen molar-refractivity contribution in [3.8, 4) is 0 Å². The van der Waals surface area contributed by atoms with Gasteiger partial charge in [-0.3, -0.25) is 9.59 Å². The highest BCUT2D eigenvalue weighted by Gasteiger charge is 2.52. The summed E-state index contributed by atoms with van der Waals surface area (Å²) in [6.07, 6.45) is 3.28. The first-order valence-corrected chi connectivity index (χ1v) is 12.4. The standard InChI is InChI=1S/C28H35F4NO3/c1-6-18-7-10-20(11-8-18)23(17(2)28(30,31)32)24(34)33-22-15-19(9-12-21(22)29)16-27(13-14-27)25(35)36-26(3,4)5/h7-10,12,15,17,20,23H,6,11,13-14,16H2,1-5H3,(H,33,34)/t17-,20?,23+/m1/s1. The van der Waals surface area contributed by atoms with E-state index in [-0.39, 0.29) is 11.7 Å². The molecule has 0 saturated heterocycles. The fourth-order valence-corrected chi connectivity index (χ4v) is 4.58. The van der Waals surface area contributed by atoms with Gasteiger partial charge in [-0.15, -0.1) is 0 Å². The molecule has 0 heterocycles. The third-order valence-corrected chi connectivity index (χ3v) is 6.95. The molecule has 1 fully saturated rings. The molecule has 8 heteroatoms. The summed E-state index contributed by atoms with van der Waals surface area (Å²) in [5, 5.41) is 2.42. The first-order valence-electron chi connectivity index (χ1n) is 12.4.